The Labute approximate surface area is 127 Å². The van der Waals surface area contributed by atoms with Crippen LogP contribution in [0.2, 0.25) is 10.0 Å². The Bertz CT molecular complexity index is 649. The SMILES string of the molecule is O=C(Nc1ccc(Cl)cc1F)c1cc(Br)ccc1Cl. The van der Waals surface area contributed by atoms with Crippen molar-refractivity contribution in [3.05, 3.63) is 62.3 Å². The molecule has 0 unspecified atom stereocenters. The second-order valence-corrected chi connectivity index (χ2v) is 5.46. The van der Waals surface area contributed by atoms with E-state index in [1.165, 1.54) is 12.1 Å². The molecular formula is C13H7BrCl2FNO. The lowest BCUT2D eigenvalue weighted by Gasteiger charge is -2.08. The summed E-state index contributed by atoms with van der Waals surface area (Å²) in [4.78, 5) is 12.0. The van der Waals surface area contributed by atoms with Crippen LogP contribution in [0.3, 0.4) is 0 Å². The van der Waals surface area contributed by atoms with Gasteiger partial charge in [-0.2, -0.15) is 0 Å². The van der Waals surface area contributed by atoms with Crippen LogP contribution in [-0.2, 0) is 0 Å². The van der Waals surface area contributed by atoms with E-state index in [2.05, 4.69) is 21.2 Å². The Morgan fingerprint density at radius 2 is 1.89 bits per heavy atom. The van der Waals surface area contributed by atoms with Gasteiger partial charge in [-0.25, -0.2) is 4.39 Å². The van der Waals surface area contributed by atoms with Crippen LogP contribution in [0.5, 0.6) is 0 Å². The molecule has 2 rings (SSSR count). The first-order valence-electron chi connectivity index (χ1n) is 5.19. The maximum atomic E-state index is 13.6. The summed E-state index contributed by atoms with van der Waals surface area (Å²) in [6.07, 6.45) is 0. The molecule has 0 aliphatic heterocycles. The van der Waals surface area contributed by atoms with Crippen LogP contribution in [0.1, 0.15) is 10.4 Å². The number of nitrogens with one attached hydrogen (secondary N) is 1. The predicted molar refractivity (Wildman–Crippen MR) is 78.5 cm³/mol. The maximum absolute atomic E-state index is 13.6. The van der Waals surface area contributed by atoms with Gasteiger partial charge in [-0.15, -0.1) is 0 Å². The molecule has 0 aliphatic carbocycles. The van der Waals surface area contributed by atoms with Gasteiger partial charge in [0.2, 0.25) is 0 Å². The second kappa shape index (κ2) is 5.90. The lowest BCUT2D eigenvalue weighted by molar-refractivity contribution is 0.102. The molecule has 2 aromatic carbocycles. The van der Waals surface area contributed by atoms with Crippen LogP contribution in [0.4, 0.5) is 10.1 Å². The molecule has 0 bridgehead atoms. The molecular weight excluding hydrogens is 356 g/mol. The lowest BCUT2D eigenvalue weighted by atomic mass is 10.2. The van der Waals surface area contributed by atoms with E-state index in [4.69, 9.17) is 23.2 Å². The van der Waals surface area contributed by atoms with Crippen LogP contribution in [0, 0.1) is 5.82 Å². The number of hydrogen-bond donors (Lipinski definition) is 1. The van der Waals surface area contributed by atoms with Crippen molar-refractivity contribution in [2.24, 2.45) is 0 Å². The number of carbonyl (C=O) groups excluding carboxylic acids is 1. The minimum atomic E-state index is -0.605. The molecule has 6 heteroatoms. The average Bonchev–Trinajstić information content (AvgIpc) is 2.35. The minimum Gasteiger partial charge on any atom is -0.319 e. The summed E-state index contributed by atoms with van der Waals surface area (Å²) in [5, 5.41) is 2.99. The van der Waals surface area contributed by atoms with Gasteiger partial charge in [0.1, 0.15) is 5.82 Å². The molecule has 0 heterocycles. The highest BCUT2D eigenvalue weighted by Crippen LogP contribution is 2.24. The van der Waals surface area contributed by atoms with E-state index in [0.29, 0.717) is 4.47 Å². The highest BCUT2D eigenvalue weighted by Gasteiger charge is 2.13. The van der Waals surface area contributed by atoms with Crippen molar-refractivity contribution in [3.63, 3.8) is 0 Å². The van der Waals surface area contributed by atoms with Crippen LogP contribution < -0.4 is 5.32 Å². The molecule has 0 radical (unpaired) electrons. The molecule has 0 saturated carbocycles. The van der Waals surface area contributed by atoms with Gasteiger partial charge in [-0.3, -0.25) is 4.79 Å². The molecule has 0 atom stereocenters. The van der Waals surface area contributed by atoms with Crippen molar-refractivity contribution in [1.29, 1.82) is 0 Å². The molecule has 1 amide bonds. The van der Waals surface area contributed by atoms with Crippen molar-refractivity contribution in [2.45, 2.75) is 0 Å². The molecule has 1 N–H and O–H groups in total. The van der Waals surface area contributed by atoms with Crippen LogP contribution in [-0.4, -0.2) is 5.91 Å². The standard InChI is InChI=1S/C13H7BrCl2FNO/c14-7-1-3-10(16)9(5-7)13(19)18-12-4-2-8(15)6-11(12)17/h1-6H,(H,18,19). The summed E-state index contributed by atoms with van der Waals surface area (Å²) in [7, 11) is 0. The van der Waals surface area contributed by atoms with Gasteiger partial charge in [0, 0.05) is 9.50 Å². The third-order valence-electron chi connectivity index (χ3n) is 2.35. The number of anilines is 1. The van der Waals surface area contributed by atoms with Gasteiger partial charge in [0.15, 0.2) is 0 Å². The molecule has 2 aromatic rings. The van der Waals surface area contributed by atoms with E-state index in [-0.39, 0.29) is 21.3 Å². The quantitative estimate of drug-likeness (QED) is 0.786. The lowest BCUT2D eigenvalue weighted by Crippen LogP contribution is -2.13. The summed E-state index contributed by atoms with van der Waals surface area (Å²) in [5.74, 6) is -1.10. The Balaban J connectivity index is 2.28. The topological polar surface area (TPSA) is 29.1 Å². The van der Waals surface area contributed by atoms with Gasteiger partial charge in [0.25, 0.3) is 5.91 Å². The summed E-state index contributed by atoms with van der Waals surface area (Å²) in [6, 6.07) is 8.86. The fourth-order valence-corrected chi connectivity index (χ4v) is 2.18. The first-order valence-corrected chi connectivity index (χ1v) is 6.74. The zero-order chi connectivity index (χ0) is 14.0. The van der Waals surface area contributed by atoms with E-state index in [1.807, 2.05) is 0 Å². The van der Waals surface area contributed by atoms with Crippen molar-refractivity contribution >= 4 is 50.7 Å². The number of carbonyl (C=O) groups is 1. The minimum absolute atomic E-state index is 0.0467. The molecule has 0 saturated heterocycles. The molecule has 0 aromatic heterocycles. The summed E-state index contributed by atoms with van der Waals surface area (Å²) in [6.45, 7) is 0. The third kappa shape index (κ3) is 3.47. The van der Waals surface area contributed by atoms with Crippen LogP contribution in [0.25, 0.3) is 0 Å². The zero-order valence-corrected chi connectivity index (χ0v) is 12.5. The normalized spacial score (nSPS) is 10.3. The fourth-order valence-electron chi connectivity index (χ4n) is 1.45. The monoisotopic (exact) mass is 361 g/mol. The van der Waals surface area contributed by atoms with Crippen LogP contribution in [0.15, 0.2) is 40.9 Å². The number of amides is 1. The van der Waals surface area contributed by atoms with E-state index in [9.17, 15) is 9.18 Å². The number of rotatable bonds is 2. The van der Waals surface area contributed by atoms with Gasteiger partial charge in [-0.05, 0) is 36.4 Å². The maximum Gasteiger partial charge on any atom is 0.257 e. The Kier molecular flexibility index (Phi) is 4.45. The van der Waals surface area contributed by atoms with Crippen LogP contribution >= 0.6 is 39.1 Å². The summed E-state index contributed by atoms with van der Waals surface area (Å²) in [5.41, 5.74) is 0.302. The molecule has 2 nitrogen and oxygen atoms in total. The highest BCUT2D eigenvalue weighted by atomic mass is 79.9. The van der Waals surface area contributed by atoms with Gasteiger partial charge < -0.3 is 5.32 Å². The molecule has 0 fully saturated rings. The first kappa shape index (κ1) is 14.3. The second-order valence-electron chi connectivity index (χ2n) is 3.70. The van der Waals surface area contributed by atoms with E-state index < -0.39 is 11.7 Å². The predicted octanol–water partition coefficient (Wildman–Crippen LogP) is 5.15. The van der Waals surface area contributed by atoms with Crippen molar-refractivity contribution in [2.75, 3.05) is 5.32 Å². The van der Waals surface area contributed by atoms with E-state index in [0.717, 1.165) is 6.07 Å². The van der Waals surface area contributed by atoms with Crippen molar-refractivity contribution in [3.8, 4) is 0 Å². The van der Waals surface area contributed by atoms with Gasteiger partial charge in [0.05, 0.1) is 16.3 Å². The van der Waals surface area contributed by atoms with E-state index >= 15 is 0 Å². The first-order chi connectivity index (χ1) is 8.97. The Hall–Kier alpha value is -1.10. The molecule has 0 aliphatic rings. The van der Waals surface area contributed by atoms with Gasteiger partial charge in [-0.1, -0.05) is 39.1 Å². The third-order valence-corrected chi connectivity index (χ3v) is 3.41. The van der Waals surface area contributed by atoms with Gasteiger partial charge >= 0.3 is 0 Å². The fraction of sp³-hybridized carbons (Fsp3) is 0. The molecule has 19 heavy (non-hydrogen) atoms. The summed E-state index contributed by atoms with van der Waals surface area (Å²) >= 11 is 14.8. The molecule has 98 valence electrons. The van der Waals surface area contributed by atoms with E-state index in [1.54, 1.807) is 18.2 Å². The highest BCUT2D eigenvalue weighted by molar-refractivity contribution is 9.10. The zero-order valence-electron chi connectivity index (χ0n) is 9.38. The number of hydrogen-bond acceptors (Lipinski definition) is 1. The molecule has 0 spiro atoms. The number of halogens is 4. The average molecular weight is 363 g/mol. The summed E-state index contributed by atoms with van der Waals surface area (Å²) < 4.78 is 14.3. The number of benzene rings is 2. The van der Waals surface area contributed by atoms with Crippen molar-refractivity contribution < 1.29 is 9.18 Å². The van der Waals surface area contributed by atoms with Crippen molar-refractivity contribution in [1.82, 2.24) is 0 Å². The Morgan fingerprint density at radius 1 is 1.16 bits per heavy atom. The Morgan fingerprint density at radius 3 is 2.58 bits per heavy atom. The largest absolute Gasteiger partial charge is 0.319 e. The smallest absolute Gasteiger partial charge is 0.257 e.